The molecule has 0 atom stereocenters. The summed E-state index contributed by atoms with van der Waals surface area (Å²) in [4.78, 5) is 22.6. The lowest BCUT2D eigenvalue weighted by atomic mass is 10.1. The maximum atomic E-state index is 11.4. The highest BCUT2D eigenvalue weighted by molar-refractivity contribution is 5.91. The van der Waals surface area contributed by atoms with Crippen LogP contribution >= 0.6 is 0 Å². The monoisotopic (exact) mass is 276 g/mol. The number of aldehydes is 1. The molecular formula is C14H16N2O4. The second-order valence-corrected chi connectivity index (χ2v) is 5.36. The van der Waals surface area contributed by atoms with E-state index < -0.39 is 5.97 Å². The Bertz CT molecular complexity index is 646. The lowest BCUT2D eigenvalue weighted by molar-refractivity contribution is 0.0600. The molecule has 0 aromatic carbocycles. The number of hydrogen-bond donors (Lipinski definition) is 0. The number of methoxy groups -OCH3 is 1. The van der Waals surface area contributed by atoms with Crippen LogP contribution in [-0.2, 0) is 10.3 Å². The van der Waals surface area contributed by atoms with E-state index in [4.69, 9.17) is 4.42 Å². The number of rotatable bonds is 3. The van der Waals surface area contributed by atoms with E-state index in [-0.39, 0.29) is 11.1 Å². The highest BCUT2D eigenvalue weighted by atomic mass is 16.5. The van der Waals surface area contributed by atoms with Gasteiger partial charge in [-0.25, -0.2) is 4.79 Å². The Morgan fingerprint density at radius 1 is 1.45 bits per heavy atom. The van der Waals surface area contributed by atoms with Gasteiger partial charge in [-0.1, -0.05) is 0 Å². The topological polar surface area (TPSA) is 74.3 Å². The van der Waals surface area contributed by atoms with Crippen LogP contribution in [0.5, 0.6) is 0 Å². The quantitative estimate of drug-likeness (QED) is 0.636. The largest absolute Gasteiger partial charge is 0.465 e. The summed E-state index contributed by atoms with van der Waals surface area (Å²) in [5.74, 6) is -0.140. The lowest BCUT2D eigenvalue weighted by Crippen LogP contribution is -2.22. The first-order chi connectivity index (χ1) is 9.36. The molecule has 0 unspecified atom stereocenters. The summed E-state index contributed by atoms with van der Waals surface area (Å²) < 4.78 is 11.6. The molecule has 0 spiro atoms. The van der Waals surface area contributed by atoms with Crippen LogP contribution in [0.15, 0.2) is 22.9 Å². The number of esters is 1. The van der Waals surface area contributed by atoms with Crippen LogP contribution in [0.4, 0.5) is 0 Å². The Hall–Kier alpha value is -2.37. The molecule has 0 bridgehead atoms. The molecular weight excluding hydrogens is 260 g/mol. The summed E-state index contributed by atoms with van der Waals surface area (Å²) in [6.07, 6.45) is 3.65. The molecule has 2 aromatic rings. The van der Waals surface area contributed by atoms with E-state index in [1.165, 1.54) is 19.4 Å². The first-order valence-electron chi connectivity index (χ1n) is 6.09. The Morgan fingerprint density at radius 2 is 2.15 bits per heavy atom. The first-order valence-corrected chi connectivity index (χ1v) is 6.09. The van der Waals surface area contributed by atoms with Gasteiger partial charge in [0.2, 0.25) is 0 Å². The zero-order valence-electron chi connectivity index (χ0n) is 11.8. The predicted molar refractivity (Wildman–Crippen MR) is 71.7 cm³/mol. The van der Waals surface area contributed by atoms with Gasteiger partial charge < -0.3 is 9.15 Å². The van der Waals surface area contributed by atoms with Crippen molar-refractivity contribution < 1.29 is 18.7 Å². The minimum atomic E-state index is -0.497. The molecule has 6 nitrogen and oxygen atoms in total. The summed E-state index contributed by atoms with van der Waals surface area (Å²) in [7, 11) is 1.29. The molecule has 0 aliphatic rings. The number of furan rings is 1. The van der Waals surface area contributed by atoms with Crippen LogP contribution in [-0.4, -0.2) is 29.1 Å². The molecule has 0 N–H and O–H groups in total. The average molecular weight is 276 g/mol. The summed E-state index contributed by atoms with van der Waals surface area (Å²) in [5.41, 5.74) is 0.841. The SMILES string of the molecule is COC(=O)c1coc(-c2nn(C(C)(C)C)cc2C=O)c1. The Kier molecular flexibility index (Phi) is 3.48. The third-order valence-electron chi connectivity index (χ3n) is 2.81. The third-order valence-corrected chi connectivity index (χ3v) is 2.81. The number of carbonyl (C=O) groups excluding carboxylic acids is 2. The number of nitrogens with zero attached hydrogens (tertiary/aromatic N) is 2. The van der Waals surface area contributed by atoms with E-state index in [1.54, 1.807) is 10.9 Å². The standard InChI is InChI=1S/C14H16N2O4/c1-14(2,3)16-6-10(7-17)12(15-16)11-5-9(8-20-11)13(18)19-4/h5-8H,1-4H3. The highest BCUT2D eigenvalue weighted by Crippen LogP contribution is 2.26. The van der Waals surface area contributed by atoms with Crippen molar-refractivity contribution in [3.63, 3.8) is 0 Å². The van der Waals surface area contributed by atoms with Gasteiger partial charge in [0, 0.05) is 12.3 Å². The van der Waals surface area contributed by atoms with E-state index in [9.17, 15) is 9.59 Å². The number of ether oxygens (including phenoxy) is 1. The predicted octanol–water partition coefficient (Wildman–Crippen LogP) is 2.50. The highest BCUT2D eigenvalue weighted by Gasteiger charge is 2.21. The lowest BCUT2D eigenvalue weighted by Gasteiger charge is -2.18. The average Bonchev–Trinajstić information content (AvgIpc) is 3.02. The van der Waals surface area contributed by atoms with Crippen LogP contribution in [0.25, 0.3) is 11.5 Å². The van der Waals surface area contributed by atoms with Crippen LogP contribution in [0.2, 0.25) is 0 Å². The fourth-order valence-corrected chi connectivity index (χ4v) is 1.69. The second kappa shape index (κ2) is 4.96. The van der Waals surface area contributed by atoms with Crippen molar-refractivity contribution in [3.8, 4) is 11.5 Å². The summed E-state index contributed by atoms with van der Waals surface area (Å²) >= 11 is 0. The van der Waals surface area contributed by atoms with Crippen LogP contribution in [0, 0.1) is 0 Å². The summed E-state index contributed by atoms with van der Waals surface area (Å²) in [5, 5.41) is 4.36. The fraction of sp³-hybridized carbons (Fsp3) is 0.357. The molecule has 0 fully saturated rings. The van der Waals surface area contributed by atoms with Crippen molar-refractivity contribution in [2.45, 2.75) is 26.3 Å². The molecule has 0 radical (unpaired) electrons. The summed E-state index contributed by atoms with van der Waals surface area (Å²) in [6.45, 7) is 5.92. The number of carbonyl (C=O) groups is 2. The molecule has 0 saturated heterocycles. The minimum absolute atomic E-state index is 0.256. The molecule has 0 aliphatic heterocycles. The molecule has 0 aliphatic carbocycles. The van der Waals surface area contributed by atoms with Crippen molar-refractivity contribution in [2.75, 3.05) is 7.11 Å². The van der Waals surface area contributed by atoms with Crippen molar-refractivity contribution in [2.24, 2.45) is 0 Å². The fourth-order valence-electron chi connectivity index (χ4n) is 1.69. The third kappa shape index (κ3) is 2.49. The zero-order valence-corrected chi connectivity index (χ0v) is 11.8. The zero-order chi connectivity index (χ0) is 14.9. The molecule has 6 heteroatoms. The van der Waals surface area contributed by atoms with E-state index in [1.807, 2.05) is 20.8 Å². The molecule has 106 valence electrons. The van der Waals surface area contributed by atoms with Crippen molar-refractivity contribution in [1.29, 1.82) is 0 Å². The van der Waals surface area contributed by atoms with Crippen LogP contribution in [0.3, 0.4) is 0 Å². The van der Waals surface area contributed by atoms with E-state index in [2.05, 4.69) is 9.84 Å². The number of aromatic nitrogens is 2. The Balaban J connectivity index is 2.47. The van der Waals surface area contributed by atoms with Gasteiger partial charge in [-0.2, -0.15) is 5.10 Å². The molecule has 2 heterocycles. The van der Waals surface area contributed by atoms with Crippen molar-refractivity contribution in [1.82, 2.24) is 9.78 Å². The maximum absolute atomic E-state index is 11.4. The van der Waals surface area contributed by atoms with E-state index >= 15 is 0 Å². The van der Waals surface area contributed by atoms with Crippen LogP contribution < -0.4 is 0 Å². The van der Waals surface area contributed by atoms with E-state index in [0.717, 1.165) is 0 Å². The van der Waals surface area contributed by atoms with Gasteiger partial charge in [0.05, 0.1) is 23.8 Å². The van der Waals surface area contributed by atoms with Gasteiger partial charge in [-0.05, 0) is 20.8 Å². The second-order valence-electron chi connectivity index (χ2n) is 5.36. The van der Waals surface area contributed by atoms with Gasteiger partial charge in [-0.15, -0.1) is 0 Å². The number of hydrogen-bond acceptors (Lipinski definition) is 5. The Labute approximate surface area is 116 Å². The van der Waals surface area contributed by atoms with Gasteiger partial charge in [0.15, 0.2) is 12.0 Å². The molecule has 2 rings (SSSR count). The molecule has 20 heavy (non-hydrogen) atoms. The van der Waals surface area contributed by atoms with Crippen molar-refractivity contribution >= 4 is 12.3 Å². The molecule has 0 saturated carbocycles. The van der Waals surface area contributed by atoms with Gasteiger partial charge in [0.1, 0.15) is 12.0 Å². The first kappa shape index (κ1) is 14.0. The maximum Gasteiger partial charge on any atom is 0.341 e. The smallest absolute Gasteiger partial charge is 0.341 e. The molecule has 0 amide bonds. The van der Waals surface area contributed by atoms with Crippen molar-refractivity contribution in [3.05, 3.63) is 29.7 Å². The minimum Gasteiger partial charge on any atom is -0.465 e. The summed E-state index contributed by atoms with van der Waals surface area (Å²) in [6, 6.07) is 1.51. The van der Waals surface area contributed by atoms with Gasteiger partial charge in [-0.3, -0.25) is 9.48 Å². The van der Waals surface area contributed by atoms with Gasteiger partial charge >= 0.3 is 5.97 Å². The normalized spacial score (nSPS) is 11.4. The van der Waals surface area contributed by atoms with E-state index in [0.29, 0.717) is 23.3 Å². The van der Waals surface area contributed by atoms with Gasteiger partial charge in [0.25, 0.3) is 0 Å². The Morgan fingerprint density at radius 3 is 2.70 bits per heavy atom. The van der Waals surface area contributed by atoms with Crippen LogP contribution in [0.1, 0.15) is 41.5 Å². The molecule has 2 aromatic heterocycles.